The molecule has 0 saturated heterocycles. The number of aliphatic hydroxyl groups excluding tert-OH is 2. The van der Waals surface area contributed by atoms with Gasteiger partial charge in [0.15, 0.2) is 23.0 Å². The van der Waals surface area contributed by atoms with E-state index in [0.717, 1.165) is 49.4 Å². The summed E-state index contributed by atoms with van der Waals surface area (Å²) in [5.74, 6) is -3.25. The highest BCUT2D eigenvalue weighted by atomic mass is 32.2. The summed E-state index contributed by atoms with van der Waals surface area (Å²) in [7, 11) is -10.1. The largest absolute Gasteiger partial charge is 0.505 e. The number of carbonyl (C=O) groups is 1. The predicted octanol–water partition coefficient (Wildman–Crippen LogP) is 4.18. The number of phenols is 2. The summed E-state index contributed by atoms with van der Waals surface area (Å²) in [6.45, 7) is -0.673. The summed E-state index contributed by atoms with van der Waals surface area (Å²) in [6.07, 6.45) is 0. The fraction of sp³-hybridized carbons (Fsp3) is 0.179. The number of benzene rings is 4. The lowest BCUT2D eigenvalue weighted by molar-refractivity contribution is -0.385. The minimum atomic E-state index is -5.16. The molecule has 0 atom stereocenters. The number of nitro benzene ring substituents is 1. The molecule has 270 valence electrons. The molecule has 23 heteroatoms. The van der Waals surface area contributed by atoms with Gasteiger partial charge in [-0.25, -0.2) is 0 Å². The molecule has 0 spiro atoms. The third kappa shape index (κ3) is 8.85. The number of carbonyl (C=O) groups excluding carboxylic acids is 1. The van der Waals surface area contributed by atoms with Crippen molar-refractivity contribution in [3.63, 3.8) is 0 Å². The van der Waals surface area contributed by atoms with Gasteiger partial charge in [-0.2, -0.15) is 16.8 Å². The van der Waals surface area contributed by atoms with Crippen molar-refractivity contribution in [1.82, 2.24) is 0 Å². The number of nitro groups is 1. The lowest BCUT2D eigenvalue weighted by Gasteiger charge is -2.12. The third-order valence-electron chi connectivity index (χ3n) is 6.46. The fourth-order valence-electron chi connectivity index (χ4n) is 4.38. The van der Waals surface area contributed by atoms with Crippen LogP contribution in [0.15, 0.2) is 78.8 Å². The first-order valence-electron chi connectivity index (χ1n) is 14.0. The Morgan fingerprint density at radius 1 is 0.784 bits per heavy atom. The Bertz CT molecular complexity index is 2310. The smallest absolute Gasteiger partial charge is 0.314 e. The number of aromatic hydroxyl groups is 2. The van der Waals surface area contributed by atoms with Crippen LogP contribution in [0.3, 0.4) is 0 Å². The van der Waals surface area contributed by atoms with Crippen LogP contribution in [0.25, 0.3) is 10.8 Å². The Balaban J connectivity index is 1.89. The van der Waals surface area contributed by atoms with Crippen LogP contribution < -0.4 is 14.8 Å². The molecule has 0 unspecified atom stereocenters. The first-order valence-corrected chi connectivity index (χ1v) is 16.9. The minimum absolute atomic E-state index is 0.00130. The van der Waals surface area contributed by atoms with E-state index in [4.69, 9.17) is 14.6 Å². The Hall–Kier alpha value is -5.85. The highest BCUT2D eigenvalue weighted by Crippen LogP contribution is 2.48. The number of hydrogen-bond donors (Lipinski definition) is 7. The quantitative estimate of drug-likeness (QED) is 0.0411. The van der Waals surface area contributed by atoms with Gasteiger partial charge in [-0.05, 0) is 35.7 Å². The van der Waals surface area contributed by atoms with E-state index in [1.165, 1.54) is 6.07 Å². The Kier molecular flexibility index (Phi) is 11.4. The van der Waals surface area contributed by atoms with Crippen LogP contribution in [0.4, 0.5) is 34.1 Å². The van der Waals surface area contributed by atoms with Gasteiger partial charge >= 0.3 is 5.69 Å². The molecule has 4 aromatic carbocycles. The second-order valence-electron chi connectivity index (χ2n) is 10.0. The summed E-state index contributed by atoms with van der Waals surface area (Å²) < 4.78 is 78.8. The third-order valence-corrected chi connectivity index (χ3v) is 8.21. The highest BCUT2D eigenvalue weighted by molar-refractivity contribution is 7.86. The summed E-state index contributed by atoms with van der Waals surface area (Å²) in [6, 6.07) is 8.07. The summed E-state index contributed by atoms with van der Waals surface area (Å²) >= 11 is 0. The number of anilines is 1. The van der Waals surface area contributed by atoms with Crippen molar-refractivity contribution in [3.05, 3.63) is 58.6 Å². The molecule has 0 aromatic heterocycles. The molecule has 51 heavy (non-hydrogen) atoms. The van der Waals surface area contributed by atoms with E-state index in [-0.39, 0.29) is 35.7 Å². The molecule has 0 saturated carbocycles. The molecular weight excluding hydrogens is 724 g/mol. The van der Waals surface area contributed by atoms with Gasteiger partial charge < -0.3 is 35.2 Å². The van der Waals surface area contributed by atoms with Crippen LogP contribution in [-0.2, 0) is 25.0 Å². The number of rotatable bonds is 14. The minimum Gasteiger partial charge on any atom is -0.505 e. The second-order valence-corrected chi connectivity index (χ2v) is 12.8. The summed E-state index contributed by atoms with van der Waals surface area (Å²) in [5.41, 5.74) is -2.81. The SMILES string of the molecule is CC(=O)Nc1ccc(N=Nc2ccc3cc(S(=O)(=O)O)c(N=Nc4cc(OCCO)c([N+](=O)[O-])cc4OCCO)c(O)c3c2O)c(S(=O)(=O)O)c1. The normalized spacial score (nSPS) is 12.1. The van der Waals surface area contributed by atoms with Crippen LogP contribution in [0.2, 0.25) is 0 Å². The van der Waals surface area contributed by atoms with E-state index in [1.807, 2.05) is 0 Å². The molecule has 0 aliphatic heterocycles. The molecule has 0 fully saturated rings. The van der Waals surface area contributed by atoms with E-state index in [2.05, 4.69) is 25.8 Å². The number of fused-ring (bicyclic) bond motifs is 1. The lowest BCUT2D eigenvalue weighted by Crippen LogP contribution is -2.07. The number of nitrogens with one attached hydrogen (secondary N) is 1. The number of amides is 1. The van der Waals surface area contributed by atoms with E-state index in [9.17, 15) is 56.2 Å². The fourth-order valence-corrected chi connectivity index (χ4v) is 5.69. The maximum atomic E-state index is 12.4. The van der Waals surface area contributed by atoms with Gasteiger partial charge in [-0.3, -0.25) is 24.0 Å². The molecule has 4 aromatic rings. The lowest BCUT2D eigenvalue weighted by atomic mass is 10.1. The van der Waals surface area contributed by atoms with Crippen molar-refractivity contribution in [1.29, 1.82) is 0 Å². The average Bonchev–Trinajstić information content (AvgIpc) is 3.04. The number of azo groups is 2. The van der Waals surface area contributed by atoms with Crippen LogP contribution in [0.1, 0.15) is 6.92 Å². The molecule has 7 N–H and O–H groups in total. The predicted molar refractivity (Wildman–Crippen MR) is 174 cm³/mol. The van der Waals surface area contributed by atoms with Gasteiger partial charge in [0.2, 0.25) is 5.91 Å². The maximum Gasteiger partial charge on any atom is 0.314 e. The van der Waals surface area contributed by atoms with Crippen molar-refractivity contribution in [2.45, 2.75) is 16.7 Å². The Morgan fingerprint density at radius 3 is 1.96 bits per heavy atom. The van der Waals surface area contributed by atoms with Crippen LogP contribution in [0.5, 0.6) is 23.0 Å². The standard InChI is InChI=1S/C28H26N6O15S2/c1-14(37)29-16-3-5-17(23(11-16)50(42,43)44)30-31-18-4-2-15-10-24(51(45,46)47)26(28(39)25(15)27(18)38)33-32-19-12-22(49-9-7-36)20(34(40)41)13-21(19)48-8-6-35/h2-5,10-13,35-36,38-39H,6-9H2,1H3,(H,29,37)(H,42,43,44)(H,45,46,47). The van der Waals surface area contributed by atoms with Crippen molar-refractivity contribution < 1.29 is 65.6 Å². The van der Waals surface area contributed by atoms with E-state index >= 15 is 0 Å². The highest BCUT2D eigenvalue weighted by Gasteiger charge is 2.26. The average molecular weight is 751 g/mol. The molecular formula is C28H26N6O15S2. The van der Waals surface area contributed by atoms with Crippen molar-refractivity contribution >= 4 is 71.0 Å². The van der Waals surface area contributed by atoms with Crippen LogP contribution in [-0.4, -0.2) is 83.6 Å². The molecule has 0 bridgehead atoms. The summed E-state index contributed by atoms with van der Waals surface area (Å²) in [5, 5.41) is 68.9. The number of ether oxygens (including phenoxy) is 2. The number of phenolic OH excluding ortho intramolecular Hbond substituents is 2. The zero-order valence-corrected chi connectivity index (χ0v) is 27.5. The zero-order chi connectivity index (χ0) is 37.7. The molecule has 0 aliphatic rings. The molecule has 21 nitrogen and oxygen atoms in total. The van der Waals surface area contributed by atoms with Crippen LogP contribution >= 0.6 is 0 Å². The molecule has 0 heterocycles. The van der Waals surface area contributed by atoms with Gasteiger partial charge in [0.05, 0.1) is 29.6 Å². The van der Waals surface area contributed by atoms with E-state index < -0.39 is 99.5 Å². The van der Waals surface area contributed by atoms with Gasteiger partial charge in [-0.1, -0.05) is 6.07 Å². The first kappa shape index (κ1) is 38.0. The number of nitrogens with zero attached hydrogens (tertiary/aromatic N) is 5. The first-order chi connectivity index (χ1) is 24.0. The van der Waals surface area contributed by atoms with Gasteiger partial charge in [-0.15, -0.1) is 20.5 Å². The van der Waals surface area contributed by atoms with E-state index in [1.54, 1.807) is 0 Å². The Labute approximate surface area is 286 Å². The van der Waals surface area contributed by atoms with E-state index in [0.29, 0.717) is 0 Å². The van der Waals surface area contributed by atoms with Crippen molar-refractivity contribution in [2.75, 3.05) is 31.7 Å². The molecule has 0 aliphatic carbocycles. The molecule has 1 amide bonds. The van der Waals surface area contributed by atoms with Gasteiger partial charge in [0.25, 0.3) is 20.2 Å². The van der Waals surface area contributed by atoms with Crippen molar-refractivity contribution in [3.8, 4) is 23.0 Å². The van der Waals surface area contributed by atoms with Gasteiger partial charge in [0.1, 0.15) is 45.8 Å². The van der Waals surface area contributed by atoms with Crippen LogP contribution in [0, 0.1) is 10.1 Å². The second kappa shape index (κ2) is 15.4. The molecule has 0 radical (unpaired) electrons. The topological polar surface area (TPSA) is 330 Å². The monoisotopic (exact) mass is 750 g/mol. The zero-order valence-electron chi connectivity index (χ0n) is 25.9. The molecule has 4 rings (SSSR count). The van der Waals surface area contributed by atoms with Gasteiger partial charge in [0, 0.05) is 18.7 Å². The maximum absolute atomic E-state index is 12.4. The number of aliphatic hydroxyl groups is 2. The number of hydrogen-bond acceptors (Lipinski definition) is 17. The Morgan fingerprint density at radius 2 is 1.37 bits per heavy atom. The van der Waals surface area contributed by atoms with Crippen molar-refractivity contribution in [2.24, 2.45) is 20.5 Å². The summed E-state index contributed by atoms with van der Waals surface area (Å²) in [4.78, 5) is 20.4.